The van der Waals surface area contributed by atoms with Crippen LogP contribution in [0.15, 0.2) is 72.9 Å². The van der Waals surface area contributed by atoms with Crippen LogP contribution >= 0.6 is 0 Å². The SMILES string of the molecule is CCCCC/C=C\C/C=C\C/C=C\CCCCCCCCCCCCCCCCC(=O)OC1C(OCC(NC(=O)C(O)CCCCCCCCCCCCCCCC/C=C\C/C=C\CCCCC)C(O)/C=C/CCCCCCCCCCCC)OC(CO)C(O)C1O. The molecule has 0 aliphatic carbocycles. The Morgan fingerprint density at radius 3 is 1.14 bits per heavy atom. The van der Waals surface area contributed by atoms with Crippen LogP contribution in [0.4, 0.5) is 0 Å². The van der Waals surface area contributed by atoms with Gasteiger partial charge in [-0.1, -0.05) is 338 Å². The third kappa shape index (κ3) is 54.2. The summed E-state index contributed by atoms with van der Waals surface area (Å²) in [6.07, 6.45) is 79.5. The predicted octanol–water partition coefficient (Wildman–Crippen LogP) is 21.0. The van der Waals surface area contributed by atoms with Crippen LogP contribution in [0.1, 0.15) is 367 Å². The summed E-state index contributed by atoms with van der Waals surface area (Å²) in [7, 11) is 0. The molecule has 1 saturated heterocycles. The second kappa shape index (κ2) is 68.1. The fourth-order valence-corrected chi connectivity index (χ4v) is 12.2. The van der Waals surface area contributed by atoms with Crippen molar-refractivity contribution in [2.24, 2.45) is 0 Å². The molecule has 92 heavy (non-hydrogen) atoms. The lowest BCUT2D eigenvalue weighted by atomic mass is 9.99. The smallest absolute Gasteiger partial charge is 0.306 e. The summed E-state index contributed by atoms with van der Waals surface area (Å²) in [5, 5.41) is 57.4. The van der Waals surface area contributed by atoms with E-state index >= 15 is 0 Å². The number of carbonyl (C=O) groups excluding carboxylic acids is 2. The Morgan fingerprint density at radius 2 is 0.750 bits per heavy atom. The number of esters is 1. The second-order valence-electron chi connectivity index (χ2n) is 27.1. The van der Waals surface area contributed by atoms with E-state index in [0.29, 0.717) is 19.3 Å². The Labute approximate surface area is 566 Å². The van der Waals surface area contributed by atoms with Gasteiger partial charge in [0.1, 0.15) is 24.4 Å². The first kappa shape index (κ1) is 87.1. The molecule has 0 bridgehead atoms. The Morgan fingerprint density at radius 1 is 0.424 bits per heavy atom. The standard InChI is InChI=1S/C81H147NO10/c1-4-7-10-13-16-19-22-25-27-29-31-33-35-37-38-39-41-43-45-47-49-51-54-57-60-63-66-69-76(86)92-79-78(88)77(87)75(70-83)91-81(79)90-71-72(73(84)67-64-61-58-55-52-24-21-18-15-12-9-6-3)82-80(89)74(85)68-65-62-59-56-53-50-48-46-44-42-40-36-34-32-30-28-26-23-20-17-14-11-8-5-2/h16-17,19-20,25-28,31,33,64,67,72-75,77-79,81,83-85,87-88H,4-15,18,21-24,29-30,32,34-63,65-66,68-71H2,1-3H3,(H,82,89)/b19-16-,20-17-,27-25-,28-26-,33-31-,67-64+. The zero-order valence-electron chi connectivity index (χ0n) is 59.9. The molecule has 8 unspecified atom stereocenters. The first-order chi connectivity index (χ1) is 45.2. The minimum Gasteiger partial charge on any atom is -0.454 e. The Bertz CT molecular complexity index is 1780. The van der Waals surface area contributed by atoms with Crippen LogP contribution in [0.2, 0.25) is 0 Å². The van der Waals surface area contributed by atoms with Crippen molar-refractivity contribution >= 4 is 11.9 Å². The number of unbranched alkanes of at least 4 members (excludes halogenated alkanes) is 44. The van der Waals surface area contributed by atoms with Crippen LogP contribution in [0.3, 0.4) is 0 Å². The fourth-order valence-electron chi connectivity index (χ4n) is 12.2. The summed E-state index contributed by atoms with van der Waals surface area (Å²) in [6, 6.07) is -1.03. The van der Waals surface area contributed by atoms with E-state index in [1.807, 2.05) is 6.08 Å². The lowest BCUT2D eigenvalue weighted by molar-refractivity contribution is -0.305. The number of allylic oxidation sites excluding steroid dienone is 11. The number of aliphatic hydroxyl groups excluding tert-OH is 5. The van der Waals surface area contributed by atoms with Gasteiger partial charge >= 0.3 is 5.97 Å². The van der Waals surface area contributed by atoms with Crippen LogP contribution in [0.5, 0.6) is 0 Å². The highest BCUT2D eigenvalue weighted by molar-refractivity contribution is 5.80. The molecule has 1 fully saturated rings. The van der Waals surface area contributed by atoms with Gasteiger partial charge in [-0.2, -0.15) is 0 Å². The van der Waals surface area contributed by atoms with Crippen molar-refractivity contribution in [2.75, 3.05) is 13.2 Å². The van der Waals surface area contributed by atoms with Gasteiger partial charge in [-0.25, -0.2) is 0 Å². The van der Waals surface area contributed by atoms with Crippen molar-refractivity contribution in [2.45, 2.75) is 416 Å². The molecule has 0 aromatic rings. The average Bonchev–Trinajstić information content (AvgIpc) is 0.875. The van der Waals surface area contributed by atoms with Gasteiger partial charge in [0.15, 0.2) is 12.4 Å². The maximum absolute atomic E-state index is 13.5. The minimum atomic E-state index is -1.62. The number of ether oxygens (including phenoxy) is 3. The molecule has 11 heteroatoms. The Kier molecular flexibility index (Phi) is 64.4. The average molecular weight is 1300 g/mol. The van der Waals surface area contributed by atoms with E-state index < -0.39 is 67.4 Å². The van der Waals surface area contributed by atoms with Crippen molar-refractivity contribution in [3.8, 4) is 0 Å². The first-order valence-corrected chi connectivity index (χ1v) is 39.2. The first-order valence-electron chi connectivity index (χ1n) is 39.2. The monoisotopic (exact) mass is 1290 g/mol. The molecular formula is C81H147NO10. The summed E-state index contributed by atoms with van der Waals surface area (Å²) < 4.78 is 17.8. The van der Waals surface area contributed by atoms with Crippen LogP contribution in [0.25, 0.3) is 0 Å². The quantitative estimate of drug-likeness (QED) is 0.0195. The largest absolute Gasteiger partial charge is 0.454 e. The number of amides is 1. The molecule has 1 heterocycles. The molecule has 536 valence electrons. The van der Waals surface area contributed by atoms with E-state index in [0.717, 1.165) is 77.0 Å². The number of hydrogen-bond donors (Lipinski definition) is 6. The molecule has 1 aliphatic rings. The Hall–Kier alpha value is -2.90. The van der Waals surface area contributed by atoms with Crippen LogP contribution in [-0.2, 0) is 23.8 Å². The van der Waals surface area contributed by atoms with Crippen molar-refractivity contribution in [3.05, 3.63) is 72.9 Å². The summed E-state index contributed by atoms with van der Waals surface area (Å²) in [4.78, 5) is 26.8. The molecule has 0 radical (unpaired) electrons. The van der Waals surface area contributed by atoms with Crippen LogP contribution < -0.4 is 5.32 Å². The molecule has 11 nitrogen and oxygen atoms in total. The van der Waals surface area contributed by atoms with E-state index in [9.17, 15) is 35.1 Å². The molecule has 1 amide bonds. The summed E-state index contributed by atoms with van der Waals surface area (Å²) in [6.45, 7) is 5.79. The van der Waals surface area contributed by atoms with Gasteiger partial charge in [0.25, 0.3) is 0 Å². The molecule has 0 saturated carbocycles. The van der Waals surface area contributed by atoms with Gasteiger partial charge in [-0.15, -0.1) is 0 Å². The Balaban J connectivity index is 2.50. The van der Waals surface area contributed by atoms with E-state index in [2.05, 4.69) is 86.8 Å². The third-order valence-electron chi connectivity index (χ3n) is 18.3. The van der Waals surface area contributed by atoms with E-state index in [1.165, 1.54) is 244 Å². The lowest BCUT2D eigenvalue weighted by Gasteiger charge is -2.41. The van der Waals surface area contributed by atoms with E-state index in [-0.39, 0.29) is 13.0 Å². The van der Waals surface area contributed by atoms with Crippen molar-refractivity contribution in [1.82, 2.24) is 5.32 Å². The van der Waals surface area contributed by atoms with Gasteiger partial charge in [0.05, 0.1) is 25.4 Å². The zero-order chi connectivity index (χ0) is 66.7. The summed E-state index contributed by atoms with van der Waals surface area (Å²) in [5.41, 5.74) is 0. The van der Waals surface area contributed by atoms with Gasteiger partial charge in [-0.3, -0.25) is 9.59 Å². The topological polar surface area (TPSA) is 175 Å². The summed E-state index contributed by atoms with van der Waals surface area (Å²) >= 11 is 0. The number of nitrogens with one attached hydrogen (secondary N) is 1. The molecule has 1 rings (SSSR count). The molecule has 0 aromatic carbocycles. The van der Waals surface area contributed by atoms with Crippen LogP contribution in [0, 0.1) is 0 Å². The maximum Gasteiger partial charge on any atom is 0.306 e. The molecule has 8 atom stereocenters. The zero-order valence-corrected chi connectivity index (χ0v) is 59.9. The number of rotatable bonds is 68. The van der Waals surface area contributed by atoms with Gasteiger partial charge < -0.3 is 45.1 Å². The normalized spacial score (nSPS) is 18.3. The van der Waals surface area contributed by atoms with E-state index in [1.54, 1.807) is 6.08 Å². The minimum absolute atomic E-state index is 0.123. The predicted molar refractivity (Wildman–Crippen MR) is 389 cm³/mol. The van der Waals surface area contributed by atoms with Crippen LogP contribution in [-0.4, -0.2) is 99.6 Å². The van der Waals surface area contributed by atoms with Crippen molar-refractivity contribution < 1.29 is 49.3 Å². The summed E-state index contributed by atoms with van der Waals surface area (Å²) in [5.74, 6) is -1.18. The number of carbonyl (C=O) groups is 2. The van der Waals surface area contributed by atoms with Gasteiger partial charge in [-0.05, 0) is 96.3 Å². The molecular weight excluding hydrogens is 1150 g/mol. The highest BCUT2D eigenvalue weighted by atomic mass is 16.7. The van der Waals surface area contributed by atoms with Gasteiger partial charge in [0, 0.05) is 6.42 Å². The second-order valence-corrected chi connectivity index (χ2v) is 27.1. The highest BCUT2D eigenvalue weighted by Crippen LogP contribution is 2.27. The molecule has 6 N–H and O–H groups in total. The van der Waals surface area contributed by atoms with Gasteiger partial charge in [0.2, 0.25) is 5.91 Å². The molecule has 1 aliphatic heterocycles. The molecule has 0 spiro atoms. The molecule has 0 aromatic heterocycles. The fraction of sp³-hybridized carbons (Fsp3) is 0.827. The number of aliphatic hydroxyl groups is 5. The van der Waals surface area contributed by atoms with E-state index in [4.69, 9.17) is 14.2 Å². The van der Waals surface area contributed by atoms with Crippen molar-refractivity contribution in [3.63, 3.8) is 0 Å². The van der Waals surface area contributed by atoms with Crippen molar-refractivity contribution in [1.29, 1.82) is 0 Å². The third-order valence-corrected chi connectivity index (χ3v) is 18.3. The highest BCUT2D eigenvalue weighted by Gasteiger charge is 2.47. The lowest BCUT2D eigenvalue weighted by Crippen LogP contribution is -2.61. The number of hydrogen-bond acceptors (Lipinski definition) is 10. The maximum atomic E-state index is 13.5.